The van der Waals surface area contributed by atoms with Crippen molar-refractivity contribution in [3.63, 3.8) is 0 Å². The Kier molecular flexibility index (Phi) is 4.16. The largest absolute Gasteiger partial charge is 0.378 e. The summed E-state index contributed by atoms with van der Waals surface area (Å²) in [5, 5.41) is 0.736. The molecule has 0 aromatic heterocycles. The van der Waals surface area contributed by atoms with Crippen LogP contribution in [-0.2, 0) is 0 Å². The summed E-state index contributed by atoms with van der Waals surface area (Å²) < 4.78 is 0. The lowest BCUT2D eigenvalue weighted by Crippen LogP contribution is -2.47. The van der Waals surface area contributed by atoms with Crippen molar-refractivity contribution in [1.29, 1.82) is 0 Å². The first kappa shape index (κ1) is 14.8. The van der Waals surface area contributed by atoms with Crippen LogP contribution >= 0.6 is 11.8 Å². The zero-order valence-corrected chi connectivity index (χ0v) is 13.9. The van der Waals surface area contributed by atoms with E-state index in [4.69, 9.17) is 0 Å². The summed E-state index contributed by atoms with van der Waals surface area (Å²) in [5.41, 5.74) is 1.92. The van der Waals surface area contributed by atoms with Crippen LogP contribution in [-0.4, -0.2) is 48.5 Å². The van der Waals surface area contributed by atoms with E-state index >= 15 is 0 Å². The highest BCUT2D eigenvalue weighted by Crippen LogP contribution is 2.40. The molecule has 21 heavy (non-hydrogen) atoms. The number of thioether (sulfide) groups is 1. The number of benzene rings is 1. The molecule has 4 heteroatoms. The van der Waals surface area contributed by atoms with Crippen LogP contribution in [0.4, 0.5) is 5.69 Å². The molecule has 2 heterocycles. The Bertz CT molecular complexity index is 517. The molecule has 2 saturated heterocycles. The van der Waals surface area contributed by atoms with Crippen LogP contribution in [0.3, 0.4) is 0 Å². The summed E-state index contributed by atoms with van der Waals surface area (Å²) in [5.74, 6) is 0.228. The predicted molar refractivity (Wildman–Crippen MR) is 90.3 cm³/mol. The Hall–Kier alpha value is -1.16. The fourth-order valence-electron chi connectivity index (χ4n) is 3.72. The number of anilines is 1. The maximum Gasteiger partial charge on any atom is 0.254 e. The highest BCUT2D eigenvalue weighted by molar-refractivity contribution is 7.99. The topological polar surface area (TPSA) is 23.6 Å². The third-order valence-corrected chi connectivity index (χ3v) is 5.92. The van der Waals surface area contributed by atoms with Crippen LogP contribution < -0.4 is 4.90 Å². The van der Waals surface area contributed by atoms with Crippen LogP contribution in [0.15, 0.2) is 24.3 Å². The molecule has 1 aromatic carbocycles. The Morgan fingerprint density at radius 1 is 1.24 bits per heavy atom. The number of fused-ring (bicyclic) bond motifs is 2. The summed E-state index contributed by atoms with van der Waals surface area (Å²) >= 11 is 1.96. The van der Waals surface area contributed by atoms with Crippen molar-refractivity contribution in [1.82, 2.24) is 4.90 Å². The zero-order chi connectivity index (χ0) is 15.0. The van der Waals surface area contributed by atoms with Crippen LogP contribution in [0.1, 0.15) is 36.0 Å². The second-order valence-corrected chi connectivity index (χ2v) is 7.51. The van der Waals surface area contributed by atoms with Crippen molar-refractivity contribution >= 4 is 23.4 Å². The van der Waals surface area contributed by atoms with E-state index in [1.54, 1.807) is 0 Å². The number of piperidine rings is 1. The lowest BCUT2D eigenvalue weighted by Gasteiger charge is -2.38. The molecule has 2 aliphatic rings. The highest BCUT2D eigenvalue weighted by Gasteiger charge is 2.43. The fraction of sp³-hybridized carbons (Fsp3) is 0.588. The molecule has 0 saturated carbocycles. The molecule has 114 valence electrons. The van der Waals surface area contributed by atoms with Gasteiger partial charge in [0.05, 0.1) is 0 Å². The summed E-state index contributed by atoms with van der Waals surface area (Å²) in [6.45, 7) is 0. The van der Waals surface area contributed by atoms with Crippen molar-refractivity contribution in [2.24, 2.45) is 0 Å². The monoisotopic (exact) mass is 304 g/mol. The smallest absolute Gasteiger partial charge is 0.254 e. The van der Waals surface area contributed by atoms with E-state index in [0.29, 0.717) is 12.1 Å². The van der Waals surface area contributed by atoms with E-state index in [-0.39, 0.29) is 5.91 Å². The van der Waals surface area contributed by atoms with Gasteiger partial charge in [-0.05, 0) is 50.1 Å². The van der Waals surface area contributed by atoms with Gasteiger partial charge in [0.1, 0.15) is 0 Å². The quantitative estimate of drug-likeness (QED) is 0.856. The van der Waals surface area contributed by atoms with Crippen LogP contribution in [0.5, 0.6) is 0 Å². The molecule has 0 aliphatic carbocycles. The number of rotatable bonds is 3. The molecule has 2 bridgehead atoms. The van der Waals surface area contributed by atoms with Gasteiger partial charge >= 0.3 is 0 Å². The molecule has 3 nitrogen and oxygen atoms in total. The van der Waals surface area contributed by atoms with E-state index in [1.165, 1.54) is 12.8 Å². The van der Waals surface area contributed by atoms with Crippen molar-refractivity contribution in [3.8, 4) is 0 Å². The molecule has 3 rings (SSSR count). The Morgan fingerprint density at radius 2 is 1.90 bits per heavy atom. The van der Waals surface area contributed by atoms with Gasteiger partial charge in [0.25, 0.3) is 5.91 Å². The summed E-state index contributed by atoms with van der Waals surface area (Å²) in [6, 6.07) is 8.91. The molecule has 2 aliphatic heterocycles. The molecule has 2 fully saturated rings. The van der Waals surface area contributed by atoms with Gasteiger partial charge in [0, 0.05) is 42.7 Å². The Balaban J connectivity index is 1.81. The molecule has 0 radical (unpaired) electrons. The number of hydrogen-bond donors (Lipinski definition) is 0. The molecular formula is C17H24N2OS. The molecule has 1 amide bonds. The van der Waals surface area contributed by atoms with Gasteiger partial charge in [0.15, 0.2) is 0 Å². The van der Waals surface area contributed by atoms with Gasteiger partial charge < -0.3 is 9.80 Å². The van der Waals surface area contributed by atoms with Crippen LogP contribution in [0.25, 0.3) is 0 Å². The molecule has 1 aromatic rings. The first-order chi connectivity index (χ1) is 10.1. The van der Waals surface area contributed by atoms with Crippen molar-refractivity contribution in [3.05, 3.63) is 29.8 Å². The summed E-state index contributed by atoms with van der Waals surface area (Å²) in [6.07, 6.45) is 6.89. The first-order valence-electron chi connectivity index (χ1n) is 7.73. The van der Waals surface area contributed by atoms with Gasteiger partial charge in [-0.3, -0.25) is 4.79 Å². The second-order valence-electron chi connectivity index (χ2n) is 6.37. The second kappa shape index (κ2) is 5.91. The molecule has 0 N–H and O–H groups in total. The maximum absolute atomic E-state index is 12.9. The van der Waals surface area contributed by atoms with Gasteiger partial charge in [-0.1, -0.05) is 6.07 Å². The third kappa shape index (κ3) is 2.78. The number of hydrogen-bond acceptors (Lipinski definition) is 3. The number of carbonyl (C=O) groups is 1. The van der Waals surface area contributed by atoms with Gasteiger partial charge in [-0.15, -0.1) is 0 Å². The minimum absolute atomic E-state index is 0.228. The zero-order valence-electron chi connectivity index (χ0n) is 13.1. The predicted octanol–water partition coefficient (Wildman–Crippen LogP) is 3.25. The maximum atomic E-state index is 12.9. The van der Waals surface area contributed by atoms with E-state index in [9.17, 15) is 4.79 Å². The van der Waals surface area contributed by atoms with Gasteiger partial charge in [-0.2, -0.15) is 11.8 Å². The summed E-state index contributed by atoms with van der Waals surface area (Å²) in [4.78, 5) is 17.2. The fourth-order valence-corrected chi connectivity index (χ4v) is 4.55. The summed E-state index contributed by atoms with van der Waals surface area (Å²) in [7, 11) is 4.02. The van der Waals surface area contributed by atoms with E-state index in [0.717, 1.165) is 29.3 Å². The van der Waals surface area contributed by atoms with Gasteiger partial charge in [0.2, 0.25) is 0 Å². The first-order valence-corrected chi connectivity index (χ1v) is 9.01. The van der Waals surface area contributed by atoms with Crippen molar-refractivity contribution in [2.45, 2.75) is 43.0 Å². The van der Waals surface area contributed by atoms with Crippen LogP contribution in [0, 0.1) is 0 Å². The average molecular weight is 304 g/mol. The number of nitrogens with zero attached hydrogens (tertiary/aromatic N) is 2. The lowest BCUT2D eigenvalue weighted by molar-refractivity contribution is 0.0602. The number of carbonyl (C=O) groups excluding carboxylic acids is 1. The van der Waals surface area contributed by atoms with E-state index < -0.39 is 0 Å². The molecule has 2 unspecified atom stereocenters. The molecular weight excluding hydrogens is 280 g/mol. The SMILES string of the molecule is CSC1CC2CCC(C1)N2C(=O)c1cccc(N(C)C)c1. The normalized spacial score (nSPS) is 27.8. The van der Waals surface area contributed by atoms with Gasteiger partial charge in [-0.25, -0.2) is 0 Å². The average Bonchev–Trinajstić information content (AvgIpc) is 2.76. The minimum atomic E-state index is 0.228. The molecule has 0 spiro atoms. The number of amides is 1. The van der Waals surface area contributed by atoms with E-state index in [1.807, 2.05) is 55.0 Å². The third-order valence-electron chi connectivity index (χ3n) is 4.87. The Labute approximate surface area is 131 Å². The molecule has 2 atom stereocenters. The standard InChI is InChI=1S/C17H24N2OS/c1-18(2)13-6-4-5-12(9-13)17(20)19-14-7-8-15(19)11-16(10-14)21-3/h4-6,9,14-16H,7-8,10-11H2,1-3H3. The highest BCUT2D eigenvalue weighted by atomic mass is 32.2. The van der Waals surface area contributed by atoms with Crippen LogP contribution in [0.2, 0.25) is 0 Å². The minimum Gasteiger partial charge on any atom is -0.378 e. The Morgan fingerprint density at radius 3 is 2.48 bits per heavy atom. The van der Waals surface area contributed by atoms with Crippen molar-refractivity contribution in [2.75, 3.05) is 25.3 Å². The lowest BCUT2D eigenvalue weighted by atomic mass is 10.0. The van der Waals surface area contributed by atoms with E-state index in [2.05, 4.69) is 11.2 Å². The van der Waals surface area contributed by atoms with Crippen molar-refractivity contribution < 1.29 is 4.79 Å².